The molecule has 0 radical (unpaired) electrons. The summed E-state index contributed by atoms with van der Waals surface area (Å²) in [6.07, 6.45) is -1.93. The predicted octanol–water partition coefficient (Wildman–Crippen LogP) is 6.12. The molecule has 3 atom stereocenters. The highest BCUT2D eigenvalue weighted by atomic mass is 28.3. The molecular weight excluding hydrogens is 640 g/mol. The minimum Gasteiger partial charge on any atom is -0.508 e. The second-order valence-corrected chi connectivity index (χ2v) is 16.9. The minimum atomic E-state index is -4.05. The molecule has 13 heteroatoms. The van der Waals surface area contributed by atoms with Gasteiger partial charge in [-0.25, -0.2) is 14.0 Å². The molecule has 1 aliphatic heterocycles. The van der Waals surface area contributed by atoms with E-state index in [2.05, 4.69) is 10.8 Å². The Labute approximate surface area is 280 Å². The summed E-state index contributed by atoms with van der Waals surface area (Å²) >= 11 is 0. The van der Waals surface area contributed by atoms with Crippen molar-refractivity contribution in [2.75, 3.05) is 12.5 Å². The summed E-state index contributed by atoms with van der Waals surface area (Å²) in [5.74, 6) is -2.71. The zero-order valence-corrected chi connectivity index (χ0v) is 28.6. The molecule has 0 spiro atoms. The summed E-state index contributed by atoms with van der Waals surface area (Å²) in [7, 11) is -4.05. The van der Waals surface area contributed by atoms with Gasteiger partial charge in [-0.3, -0.25) is 19.4 Å². The summed E-state index contributed by atoms with van der Waals surface area (Å²) in [5, 5.41) is 12.4. The molecule has 258 valence electrons. The van der Waals surface area contributed by atoms with Crippen molar-refractivity contribution in [3.63, 3.8) is 0 Å². The molecular formula is C35H43F2N3O7Si. The van der Waals surface area contributed by atoms with Crippen LogP contribution in [-0.4, -0.2) is 54.2 Å². The lowest BCUT2D eigenvalue weighted by Crippen LogP contribution is -2.81. The fourth-order valence-electron chi connectivity index (χ4n) is 5.75. The minimum absolute atomic E-state index is 0.0206. The molecule has 1 saturated heterocycles. The van der Waals surface area contributed by atoms with E-state index in [0.717, 1.165) is 0 Å². The van der Waals surface area contributed by atoms with E-state index in [9.17, 15) is 19.5 Å². The molecule has 1 heterocycles. The van der Waals surface area contributed by atoms with Gasteiger partial charge in [0, 0.05) is 24.1 Å². The second-order valence-electron chi connectivity index (χ2n) is 12.5. The monoisotopic (exact) mass is 683 g/mol. The van der Waals surface area contributed by atoms with Crippen molar-refractivity contribution in [2.45, 2.75) is 70.9 Å². The number of carbonyl (C=O) groups is 3. The van der Waals surface area contributed by atoms with Crippen LogP contribution in [0.3, 0.4) is 0 Å². The number of phenolic OH excluding ortho intramolecular Hbond substituents is 1. The number of hydroxylamine groups is 1. The Bertz CT molecular complexity index is 1580. The van der Waals surface area contributed by atoms with Gasteiger partial charge in [-0.2, -0.15) is 5.48 Å². The number of unbranched alkanes of at least 4 members (excludes halogenated alkanes) is 1. The smallest absolute Gasteiger partial charge is 0.409 e. The molecule has 10 nitrogen and oxygen atoms in total. The number of rotatable bonds is 12. The standard InChI is InChI=1S/C35H43F2N3O7Si/c1-5-6-18-31(42)40-34(25(2)3,39-33(44)46-21-26-12-8-7-9-13-26)32(43)47-38-24-48(4,23-36)35(40,37)28-15-11-17-30(20-28)45-22-27-14-10-16-29(41)19-27/h7-17,19-20,25,38,41H,5-6,18,21-24H2,1-4H3,(H,39,44)/t34-,35?,48?/m1/s1. The van der Waals surface area contributed by atoms with E-state index in [0.29, 0.717) is 28.9 Å². The van der Waals surface area contributed by atoms with Gasteiger partial charge in [0.05, 0.1) is 6.30 Å². The van der Waals surface area contributed by atoms with Gasteiger partial charge in [-0.05, 0) is 41.8 Å². The molecule has 1 fully saturated rings. The maximum atomic E-state index is 18.9. The van der Waals surface area contributed by atoms with E-state index >= 15 is 8.78 Å². The summed E-state index contributed by atoms with van der Waals surface area (Å²) < 4.78 is 45.7. The quantitative estimate of drug-likeness (QED) is 0.154. The van der Waals surface area contributed by atoms with Crippen LogP contribution in [0.2, 0.25) is 6.55 Å². The van der Waals surface area contributed by atoms with E-state index in [1.807, 2.05) is 6.92 Å². The Balaban J connectivity index is 1.87. The van der Waals surface area contributed by atoms with Crippen molar-refractivity contribution in [3.05, 3.63) is 95.6 Å². The largest absolute Gasteiger partial charge is 0.508 e. The van der Waals surface area contributed by atoms with Crippen LogP contribution in [-0.2, 0) is 37.8 Å². The van der Waals surface area contributed by atoms with Gasteiger partial charge in [0.1, 0.15) is 24.7 Å². The highest BCUT2D eigenvalue weighted by molar-refractivity contribution is 6.81. The Morgan fingerprint density at radius 2 is 1.77 bits per heavy atom. The number of benzene rings is 3. The Morgan fingerprint density at radius 1 is 1.06 bits per heavy atom. The van der Waals surface area contributed by atoms with Crippen molar-refractivity contribution in [1.82, 2.24) is 15.7 Å². The number of carbonyl (C=O) groups excluding carboxylic acids is 3. The average Bonchev–Trinajstić information content (AvgIpc) is 3.08. The lowest BCUT2D eigenvalue weighted by molar-refractivity contribution is -0.194. The van der Waals surface area contributed by atoms with Gasteiger partial charge >= 0.3 is 12.1 Å². The molecule has 3 aromatic rings. The van der Waals surface area contributed by atoms with E-state index in [1.165, 1.54) is 50.7 Å². The van der Waals surface area contributed by atoms with Crippen molar-refractivity contribution >= 4 is 26.0 Å². The molecule has 0 aromatic heterocycles. The molecule has 4 rings (SSSR count). The number of amides is 2. The molecule has 3 aromatic carbocycles. The molecule has 0 aliphatic carbocycles. The van der Waals surface area contributed by atoms with Crippen LogP contribution in [0.25, 0.3) is 0 Å². The highest BCUT2D eigenvalue weighted by Gasteiger charge is 2.68. The van der Waals surface area contributed by atoms with Gasteiger partial charge in [0.25, 0.3) is 0 Å². The highest BCUT2D eigenvalue weighted by Crippen LogP contribution is 2.47. The summed E-state index contributed by atoms with van der Waals surface area (Å²) in [4.78, 5) is 48.0. The maximum Gasteiger partial charge on any atom is 0.409 e. The molecule has 1 aliphatic rings. The van der Waals surface area contributed by atoms with E-state index in [-0.39, 0.29) is 42.9 Å². The van der Waals surface area contributed by atoms with E-state index in [4.69, 9.17) is 14.3 Å². The Morgan fingerprint density at radius 3 is 2.44 bits per heavy atom. The first-order valence-corrected chi connectivity index (χ1v) is 18.8. The topological polar surface area (TPSA) is 126 Å². The number of nitrogens with one attached hydrogen (secondary N) is 2. The third-order valence-electron chi connectivity index (χ3n) is 8.56. The second kappa shape index (κ2) is 15.6. The van der Waals surface area contributed by atoms with Gasteiger partial charge in [-0.1, -0.05) is 88.3 Å². The van der Waals surface area contributed by atoms with E-state index in [1.54, 1.807) is 48.5 Å². The normalized spacial score (nSPS) is 22.7. The first-order chi connectivity index (χ1) is 22.9. The first kappa shape index (κ1) is 36.3. The third-order valence-corrected chi connectivity index (χ3v) is 12.2. The molecule has 2 unspecified atom stereocenters. The zero-order chi connectivity index (χ0) is 35.0. The number of halogens is 2. The predicted molar refractivity (Wildman–Crippen MR) is 177 cm³/mol. The number of nitrogens with zero attached hydrogens (tertiary/aromatic N) is 1. The van der Waals surface area contributed by atoms with Crippen LogP contribution in [0.4, 0.5) is 13.6 Å². The van der Waals surface area contributed by atoms with Gasteiger partial charge in [-0.15, -0.1) is 0 Å². The van der Waals surface area contributed by atoms with Crippen LogP contribution in [0.15, 0.2) is 78.9 Å². The SMILES string of the molecule is CCCCC(=O)N1C(F)(c2cccc(OCc3cccc(O)c3)c2)[Si](C)(CF)CNOC(=O)[C@@]1(NC(=O)OCc1ccccc1)C(C)C. The van der Waals surface area contributed by atoms with Gasteiger partial charge < -0.3 is 19.4 Å². The molecule has 3 N–H and O–H groups in total. The fourth-order valence-corrected chi connectivity index (χ4v) is 8.34. The van der Waals surface area contributed by atoms with Gasteiger partial charge in [0.2, 0.25) is 11.6 Å². The van der Waals surface area contributed by atoms with Crippen LogP contribution >= 0.6 is 0 Å². The van der Waals surface area contributed by atoms with E-state index < -0.39 is 49.3 Å². The maximum absolute atomic E-state index is 18.9. The van der Waals surface area contributed by atoms with Gasteiger partial charge in [0.15, 0.2) is 13.5 Å². The van der Waals surface area contributed by atoms with Crippen molar-refractivity contribution in [3.8, 4) is 11.5 Å². The van der Waals surface area contributed by atoms with Crippen LogP contribution in [0.1, 0.15) is 56.7 Å². The molecule has 0 saturated carbocycles. The molecule has 48 heavy (non-hydrogen) atoms. The summed E-state index contributed by atoms with van der Waals surface area (Å²) in [6.45, 7) is 6.19. The third kappa shape index (κ3) is 7.47. The zero-order valence-electron chi connectivity index (χ0n) is 27.6. The Hall–Kier alpha value is -4.49. The van der Waals surface area contributed by atoms with Crippen LogP contribution in [0.5, 0.6) is 11.5 Å². The lowest BCUT2D eigenvalue weighted by atomic mass is 9.91. The molecule has 0 bridgehead atoms. The lowest BCUT2D eigenvalue weighted by Gasteiger charge is -2.56. The summed E-state index contributed by atoms with van der Waals surface area (Å²) in [6, 6.07) is 21.1. The number of alkyl halides is 2. The number of hydrogen-bond donors (Lipinski definition) is 3. The molecule has 2 amide bonds. The average molecular weight is 684 g/mol. The van der Waals surface area contributed by atoms with Crippen molar-refractivity contribution in [2.24, 2.45) is 5.92 Å². The number of aromatic hydroxyl groups is 1. The fraction of sp³-hybridized carbons (Fsp3) is 0.400. The summed E-state index contributed by atoms with van der Waals surface area (Å²) in [5.41, 5.74) is -1.77. The number of alkyl carbamates (subject to hydrolysis) is 1. The number of hydrogen-bond acceptors (Lipinski definition) is 8. The van der Waals surface area contributed by atoms with Crippen molar-refractivity contribution < 1.29 is 42.6 Å². The first-order valence-electron chi connectivity index (χ1n) is 15.9. The Kier molecular flexibility index (Phi) is 11.8. The van der Waals surface area contributed by atoms with Crippen LogP contribution in [0, 0.1) is 5.92 Å². The number of phenols is 1. The van der Waals surface area contributed by atoms with Crippen LogP contribution < -0.4 is 15.5 Å². The van der Waals surface area contributed by atoms with Crippen molar-refractivity contribution in [1.29, 1.82) is 0 Å². The number of ether oxygens (including phenoxy) is 2.